The first-order valence-electron chi connectivity index (χ1n) is 5.21. The van der Waals surface area contributed by atoms with Gasteiger partial charge in [-0.1, -0.05) is 12.1 Å². The zero-order valence-corrected chi connectivity index (χ0v) is 9.77. The van der Waals surface area contributed by atoms with Crippen LogP contribution in [0.4, 0.5) is 0 Å². The van der Waals surface area contributed by atoms with Gasteiger partial charge in [0, 0.05) is 6.54 Å². The van der Waals surface area contributed by atoms with Crippen LogP contribution < -0.4 is 10.5 Å². The summed E-state index contributed by atoms with van der Waals surface area (Å²) in [6, 6.07) is 7.92. The van der Waals surface area contributed by atoms with Gasteiger partial charge in [0.15, 0.2) is 0 Å². The molecule has 1 amide bonds. The molecule has 0 aromatic heterocycles. The average molecular weight is 222 g/mol. The zero-order valence-electron chi connectivity index (χ0n) is 9.77. The molecule has 0 aliphatic carbocycles. The summed E-state index contributed by atoms with van der Waals surface area (Å²) in [6.07, 6.45) is 0.897. The molecule has 0 radical (unpaired) electrons. The molecule has 1 rings (SSSR count). The predicted molar refractivity (Wildman–Crippen MR) is 63.4 cm³/mol. The number of primary amides is 1. The van der Waals surface area contributed by atoms with Gasteiger partial charge >= 0.3 is 0 Å². The Morgan fingerprint density at radius 2 is 2.00 bits per heavy atom. The number of amides is 1. The van der Waals surface area contributed by atoms with Crippen molar-refractivity contribution >= 4 is 5.91 Å². The Hall–Kier alpha value is -1.55. The number of likely N-dealkylation sites (N-methyl/N-ethyl adjacent to an activating group) is 1. The maximum atomic E-state index is 10.7. The van der Waals surface area contributed by atoms with Crippen molar-refractivity contribution in [3.63, 3.8) is 0 Å². The van der Waals surface area contributed by atoms with E-state index in [-0.39, 0.29) is 5.91 Å². The first-order chi connectivity index (χ1) is 7.61. The Morgan fingerprint density at radius 3 is 2.50 bits per heavy atom. The van der Waals surface area contributed by atoms with Gasteiger partial charge in [-0.05, 0) is 31.2 Å². The van der Waals surface area contributed by atoms with Gasteiger partial charge in [-0.15, -0.1) is 0 Å². The number of nitrogens with two attached hydrogens (primary N) is 1. The molecule has 0 saturated carbocycles. The molecule has 0 aliphatic rings. The lowest BCUT2D eigenvalue weighted by atomic mass is 10.1. The number of ether oxygens (including phenoxy) is 1. The number of hydrogen-bond acceptors (Lipinski definition) is 3. The Balaban J connectivity index is 2.39. The third-order valence-electron chi connectivity index (χ3n) is 2.37. The number of carbonyl (C=O) groups excluding carboxylic acids is 1. The Labute approximate surface area is 96.0 Å². The summed E-state index contributed by atoms with van der Waals surface area (Å²) in [5.41, 5.74) is 6.32. The van der Waals surface area contributed by atoms with E-state index in [0.29, 0.717) is 6.54 Å². The molecular weight excluding hydrogens is 204 g/mol. The molecule has 0 bridgehead atoms. The molecular formula is C12H18N2O2. The van der Waals surface area contributed by atoms with Crippen molar-refractivity contribution in [3.05, 3.63) is 29.8 Å². The van der Waals surface area contributed by atoms with E-state index in [4.69, 9.17) is 10.5 Å². The Kier molecular flexibility index (Phi) is 4.79. The van der Waals surface area contributed by atoms with E-state index in [2.05, 4.69) is 0 Å². The van der Waals surface area contributed by atoms with Crippen molar-refractivity contribution in [1.29, 1.82) is 0 Å². The van der Waals surface area contributed by atoms with Crippen molar-refractivity contribution in [1.82, 2.24) is 4.90 Å². The van der Waals surface area contributed by atoms with Gasteiger partial charge < -0.3 is 10.5 Å². The maximum absolute atomic E-state index is 10.7. The van der Waals surface area contributed by atoms with Crippen LogP contribution in [-0.2, 0) is 11.2 Å². The highest BCUT2D eigenvalue weighted by Gasteiger charge is 2.02. The van der Waals surface area contributed by atoms with E-state index in [1.165, 1.54) is 5.56 Å². The van der Waals surface area contributed by atoms with E-state index >= 15 is 0 Å². The molecule has 0 fully saturated rings. The van der Waals surface area contributed by atoms with Crippen molar-refractivity contribution in [2.24, 2.45) is 5.73 Å². The molecule has 2 N–H and O–H groups in total. The summed E-state index contributed by atoms with van der Waals surface area (Å²) in [7, 11) is 3.53. The van der Waals surface area contributed by atoms with Crippen LogP contribution in [0.1, 0.15) is 5.56 Å². The SMILES string of the molecule is COc1ccc(CCN(C)CC(N)=O)cc1. The summed E-state index contributed by atoms with van der Waals surface area (Å²) >= 11 is 0. The summed E-state index contributed by atoms with van der Waals surface area (Å²) in [4.78, 5) is 12.6. The van der Waals surface area contributed by atoms with Crippen LogP contribution in [0.5, 0.6) is 5.75 Å². The number of rotatable bonds is 6. The first kappa shape index (κ1) is 12.5. The van der Waals surface area contributed by atoms with Crippen molar-refractivity contribution in [2.75, 3.05) is 27.2 Å². The van der Waals surface area contributed by atoms with Gasteiger partial charge in [0.2, 0.25) is 5.91 Å². The van der Waals surface area contributed by atoms with Gasteiger partial charge in [0.05, 0.1) is 13.7 Å². The lowest BCUT2D eigenvalue weighted by Gasteiger charge is -2.14. The zero-order chi connectivity index (χ0) is 12.0. The fraction of sp³-hybridized carbons (Fsp3) is 0.417. The Bertz CT molecular complexity index is 335. The van der Waals surface area contributed by atoms with Crippen molar-refractivity contribution in [3.8, 4) is 5.75 Å². The monoisotopic (exact) mass is 222 g/mol. The molecule has 16 heavy (non-hydrogen) atoms. The second-order valence-electron chi connectivity index (χ2n) is 3.80. The fourth-order valence-corrected chi connectivity index (χ4v) is 1.46. The van der Waals surface area contributed by atoms with E-state index in [0.717, 1.165) is 18.7 Å². The molecule has 4 heteroatoms. The quantitative estimate of drug-likeness (QED) is 0.769. The van der Waals surface area contributed by atoms with Crippen molar-refractivity contribution < 1.29 is 9.53 Å². The van der Waals surface area contributed by atoms with E-state index in [1.807, 2.05) is 36.2 Å². The van der Waals surface area contributed by atoms with Crippen LogP contribution in [0.15, 0.2) is 24.3 Å². The Morgan fingerprint density at radius 1 is 1.38 bits per heavy atom. The minimum absolute atomic E-state index is 0.294. The van der Waals surface area contributed by atoms with Gasteiger partial charge in [0.1, 0.15) is 5.75 Å². The third-order valence-corrected chi connectivity index (χ3v) is 2.37. The molecule has 0 spiro atoms. The van der Waals surface area contributed by atoms with Gasteiger partial charge in [0.25, 0.3) is 0 Å². The molecule has 4 nitrogen and oxygen atoms in total. The maximum Gasteiger partial charge on any atom is 0.231 e. The van der Waals surface area contributed by atoms with E-state index < -0.39 is 0 Å². The first-order valence-corrected chi connectivity index (χ1v) is 5.21. The second kappa shape index (κ2) is 6.12. The van der Waals surface area contributed by atoms with Crippen LogP contribution >= 0.6 is 0 Å². The minimum Gasteiger partial charge on any atom is -0.497 e. The van der Waals surface area contributed by atoms with Crippen LogP contribution in [0, 0.1) is 0 Å². The van der Waals surface area contributed by atoms with Crippen molar-refractivity contribution in [2.45, 2.75) is 6.42 Å². The lowest BCUT2D eigenvalue weighted by Crippen LogP contribution is -2.32. The number of benzene rings is 1. The highest BCUT2D eigenvalue weighted by molar-refractivity contribution is 5.75. The minimum atomic E-state index is -0.294. The lowest BCUT2D eigenvalue weighted by molar-refractivity contribution is -0.118. The van der Waals surface area contributed by atoms with Gasteiger partial charge in [-0.2, -0.15) is 0 Å². The van der Waals surface area contributed by atoms with Crippen LogP contribution in [-0.4, -0.2) is 38.1 Å². The van der Waals surface area contributed by atoms with Gasteiger partial charge in [-0.25, -0.2) is 0 Å². The fourth-order valence-electron chi connectivity index (χ4n) is 1.46. The third kappa shape index (κ3) is 4.31. The summed E-state index contributed by atoms with van der Waals surface area (Å²) in [6.45, 7) is 1.12. The number of hydrogen-bond donors (Lipinski definition) is 1. The molecule has 0 atom stereocenters. The van der Waals surface area contributed by atoms with Gasteiger partial charge in [-0.3, -0.25) is 9.69 Å². The molecule has 1 aromatic carbocycles. The average Bonchev–Trinajstić information content (AvgIpc) is 2.26. The van der Waals surface area contributed by atoms with Crippen LogP contribution in [0.25, 0.3) is 0 Å². The molecule has 0 heterocycles. The largest absolute Gasteiger partial charge is 0.497 e. The molecule has 1 aromatic rings. The molecule has 0 aliphatic heterocycles. The smallest absolute Gasteiger partial charge is 0.231 e. The standard InChI is InChI=1S/C12H18N2O2/c1-14(9-12(13)15)8-7-10-3-5-11(16-2)6-4-10/h3-6H,7-9H2,1-2H3,(H2,13,15). The van der Waals surface area contributed by atoms with E-state index in [1.54, 1.807) is 7.11 Å². The van der Waals surface area contributed by atoms with E-state index in [9.17, 15) is 4.79 Å². The summed E-state index contributed by atoms with van der Waals surface area (Å²) in [5, 5.41) is 0. The highest BCUT2D eigenvalue weighted by Crippen LogP contribution is 2.11. The summed E-state index contributed by atoms with van der Waals surface area (Å²) < 4.78 is 5.08. The second-order valence-corrected chi connectivity index (χ2v) is 3.80. The van der Waals surface area contributed by atoms with Crippen LogP contribution in [0.2, 0.25) is 0 Å². The number of methoxy groups -OCH3 is 1. The molecule has 0 saturated heterocycles. The molecule has 88 valence electrons. The molecule has 0 unspecified atom stereocenters. The predicted octanol–water partition coefficient (Wildman–Crippen LogP) is 0.655. The van der Waals surface area contributed by atoms with Crippen LogP contribution in [0.3, 0.4) is 0 Å². The summed E-state index contributed by atoms with van der Waals surface area (Å²) in [5.74, 6) is 0.562. The number of carbonyl (C=O) groups is 1. The normalized spacial score (nSPS) is 10.4. The topological polar surface area (TPSA) is 55.6 Å². The number of nitrogens with zero attached hydrogens (tertiary/aromatic N) is 1. The highest BCUT2D eigenvalue weighted by atomic mass is 16.5.